The molecule has 1 saturated carbocycles. The normalized spacial score (nSPS) is 17.5. The van der Waals surface area contributed by atoms with Crippen LogP contribution < -0.4 is 4.74 Å². The number of benzene rings is 1. The van der Waals surface area contributed by atoms with Gasteiger partial charge in [0, 0.05) is 37.3 Å². The number of aromatic carboxylic acids is 1. The van der Waals surface area contributed by atoms with E-state index >= 15 is 0 Å². The van der Waals surface area contributed by atoms with Gasteiger partial charge < -0.3 is 14.6 Å². The van der Waals surface area contributed by atoms with Gasteiger partial charge in [0.25, 0.3) is 0 Å². The van der Waals surface area contributed by atoms with Crippen molar-refractivity contribution in [3.63, 3.8) is 0 Å². The Hall–Kier alpha value is -2.47. The van der Waals surface area contributed by atoms with Gasteiger partial charge in [0.1, 0.15) is 5.75 Å². The molecule has 0 amide bonds. The number of carbonyl (C=O) groups is 1. The van der Waals surface area contributed by atoms with Gasteiger partial charge in [-0.3, -0.25) is 4.98 Å². The Morgan fingerprint density at radius 2 is 1.97 bits per heavy atom. The van der Waals surface area contributed by atoms with E-state index in [4.69, 9.17) is 9.47 Å². The molecule has 6 heteroatoms. The van der Waals surface area contributed by atoms with Gasteiger partial charge in [-0.15, -0.1) is 0 Å². The zero-order valence-electron chi connectivity index (χ0n) is 17.1. The summed E-state index contributed by atoms with van der Waals surface area (Å²) in [7, 11) is 0. The standard InChI is InChI=1S/C23H28N2O4/c1-14(2)29-22-17(4-3-5-18(22)15-8-10-28-11-9-15)12-19-21(23(26)27)25-20(13-24-19)16-6-7-16/h3-5,13-16H,6-12H2,1-2H3,(H,26,27). The highest BCUT2D eigenvalue weighted by atomic mass is 16.5. The second-order valence-corrected chi connectivity index (χ2v) is 8.24. The van der Waals surface area contributed by atoms with Crippen molar-refractivity contribution >= 4 is 5.97 Å². The highest BCUT2D eigenvalue weighted by molar-refractivity contribution is 5.86. The molecule has 0 radical (unpaired) electrons. The number of aromatic nitrogens is 2. The van der Waals surface area contributed by atoms with Gasteiger partial charge in [-0.1, -0.05) is 18.2 Å². The third-order valence-corrected chi connectivity index (χ3v) is 5.56. The third-order valence-electron chi connectivity index (χ3n) is 5.56. The van der Waals surface area contributed by atoms with E-state index in [-0.39, 0.29) is 11.8 Å². The molecular weight excluding hydrogens is 368 g/mol. The van der Waals surface area contributed by atoms with E-state index < -0.39 is 5.97 Å². The zero-order valence-corrected chi connectivity index (χ0v) is 17.1. The van der Waals surface area contributed by atoms with Crippen LogP contribution in [-0.4, -0.2) is 40.4 Å². The van der Waals surface area contributed by atoms with Crippen LogP contribution in [0.3, 0.4) is 0 Å². The number of hydrogen-bond donors (Lipinski definition) is 1. The van der Waals surface area contributed by atoms with Gasteiger partial charge in [-0.05, 0) is 51.0 Å². The van der Waals surface area contributed by atoms with Crippen LogP contribution in [0.15, 0.2) is 24.4 Å². The summed E-state index contributed by atoms with van der Waals surface area (Å²) in [6, 6.07) is 6.15. The van der Waals surface area contributed by atoms with Crippen molar-refractivity contribution in [1.29, 1.82) is 0 Å². The molecule has 1 N–H and O–H groups in total. The van der Waals surface area contributed by atoms with Gasteiger partial charge in [0.05, 0.1) is 17.5 Å². The van der Waals surface area contributed by atoms with Crippen LogP contribution in [0.4, 0.5) is 0 Å². The minimum absolute atomic E-state index is 0.0250. The lowest BCUT2D eigenvalue weighted by Crippen LogP contribution is -2.18. The van der Waals surface area contributed by atoms with Crippen LogP contribution in [0.25, 0.3) is 0 Å². The van der Waals surface area contributed by atoms with Crippen LogP contribution >= 0.6 is 0 Å². The van der Waals surface area contributed by atoms with Crippen molar-refractivity contribution < 1.29 is 19.4 Å². The summed E-state index contributed by atoms with van der Waals surface area (Å²) in [6.45, 7) is 5.54. The van der Waals surface area contributed by atoms with E-state index in [0.717, 1.165) is 55.9 Å². The van der Waals surface area contributed by atoms with Crippen LogP contribution in [0, 0.1) is 0 Å². The fourth-order valence-corrected chi connectivity index (χ4v) is 3.94. The van der Waals surface area contributed by atoms with Crippen molar-refractivity contribution in [2.45, 2.75) is 63.9 Å². The highest BCUT2D eigenvalue weighted by Crippen LogP contribution is 2.40. The Morgan fingerprint density at radius 3 is 2.62 bits per heavy atom. The average Bonchev–Trinajstić information content (AvgIpc) is 3.55. The van der Waals surface area contributed by atoms with Crippen LogP contribution in [-0.2, 0) is 11.2 Å². The number of hydrogen-bond acceptors (Lipinski definition) is 5. The van der Waals surface area contributed by atoms with Crippen molar-refractivity contribution in [3.8, 4) is 5.75 Å². The molecule has 29 heavy (non-hydrogen) atoms. The lowest BCUT2D eigenvalue weighted by molar-refractivity contribution is 0.0688. The molecule has 1 aliphatic carbocycles. The van der Waals surface area contributed by atoms with Crippen molar-refractivity contribution in [2.24, 2.45) is 0 Å². The fourth-order valence-electron chi connectivity index (χ4n) is 3.94. The Kier molecular flexibility index (Phi) is 5.81. The summed E-state index contributed by atoms with van der Waals surface area (Å²) in [6.07, 6.45) is 6.21. The molecule has 0 unspecified atom stereocenters. The SMILES string of the molecule is CC(C)Oc1c(Cc2ncc(C3CC3)nc2C(=O)O)cccc1C1CCOCC1. The predicted molar refractivity (Wildman–Crippen MR) is 109 cm³/mol. The largest absolute Gasteiger partial charge is 0.490 e. The minimum atomic E-state index is -1.03. The molecule has 1 saturated heterocycles. The van der Waals surface area contributed by atoms with Gasteiger partial charge in [0.2, 0.25) is 0 Å². The summed E-state index contributed by atoms with van der Waals surface area (Å²) in [4.78, 5) is 20.8. The average molecular weight is 396 g/mol. The molecule has 6 nitrogen and oxygen atoms in total. The molecule has 2 heterocycles. The summed E-state index contributed by atoms with van der Waals surface area (Å²) < 4.78 is 11.8. The number of para-hydroxylation sites is 1. The summed E-state index contributed by atoms with van der Waals surface area (Å²) in [5.41, 5.74) is 3.47. The first-order chi connectivity index (χ1) is 14.0. The summed E-state index contributed by atoms with van der Waals surface area (Å²) in [5, 5.41) is 9.70. The smallest absolute Gasteiger partial charge is 0.356 e. The Labute approximate surface area is 171 Å². The molecule has 2 aliphatic rings. The minimum Gasteiger partial charge on any atom is -0.490 e. The van der Waals surface area contributed by atoms with E-state index in [1.165, 1.54) is 5.56 Å². The number of ether oxygens (including phenoxy) is 2. The fraction of sp³-hybridized carbons (Fsp3) is 0.522. The van der Waals surface area contributed by atoms with Crippen LogP contribution in [0.2, 0.25) is 0 Å². The van der Waals surface area contributed by atoms with Gasteiger partial charge in [-0.2, -0.15) is 0 Å². The van der Waals surface area contributed by atoms with E-state index in [0.29, 0.717) is 24.0 Å². The van der Waals surface area contributed by atoms with E-state index in [2.05, 4.69) is 16.0 Å². The van der Waals surface area contributed by atoms with E-state index in [9.17, 15) is 9.90 Å². The maximum Gasteiger partial charge on any atom is 0.356 e. The predicted octanol–water partition coefficient (Wildman–Crippen LogP) is 4.32. The molecule has 0 bridgehead atoms. The maximum atomic E-state index is 11.8. The molecule has 0 spiro atoms. The molecule has 0 atom stereocenters. The van der Waals surface area contributed by atoms with Crippen molar-refractivity contribution in [1.82, 2.24) is 9.97 Å². The monoisotopic (exact) mass is 396 g/mol. The number of carboxylic acids is 1. The second-order valence-electron chi connectivity index (χ2n) is 8.24. The number of carboxylic acid groups (broad SMARTS) is 1. The van der Waals surface area contributed by atoms with Gasteiger partial charge >= 0.3 is 5.97 Å². The second kappa shape index (κ2) is 8.49. The molecule has 2 aromatic rings. The number of nitrogens with zero attached hydrogens (tertiary/aromatic N) is 2. The molecule has 1 aromatic carbocycles. The van der Waals surface area contributed by atoms with Gasteiger partial charge in [-0.25, -0.2) is 9.78 Å². The lowest BCUT2D eigenvalue weighted by atomic mass is 9.88. The first kappa shape index (κ1) is 19.8. The molecule has 2 fully saturated rings. The molecule has 1 aromatic heterocycles. The molecule has 1 aliphatic heterocycles. The molecule has 4 rings (SSSR count). The van der Waals surface area contributed by atoms with Crippen molar-refractivity contribution in [3.05, 3.63) is 52.6 Å². The number of rotatable bonds is 7. The quantitative estimate of drug-likeness (QED) is 0.750. The topological polar surface area (TPSA) is 81.5 Å². The van der Waals surface area contributed by atoms with Gasteiger partial charge in [0.15, 0.2) is 5.69 Å². The van der Waals surface area contributed by atoms with E-state index in [1.54, 1.807) is 6.20 Å². The first-order valence-electron chi connectivity index (χ1n) is 10.5. The molecular formula is C23H28N2O4. The Morgan fingerprint density at radius 1 is 1.21 bits per heavy atom. The third kappa shape index (κ3) is 4.58. The highest BCUT2D eigenvalue weighted by Gasteiger charge is 2.28. The zero-order chi connectivity index (χ0) is 20.4. The summed E-state index contributed by atoms with van der Waals surface area (Å²) in [5.74, 6) is 0.590. The van der Waals surface area contributed by atoms with Crippen LogP contribution in [0.1, 0.15) is 84.4 Å². The van der Waals surface area contributed by atoms with Crippen LogP contribution in [0.5, 0.6) is 5.75 Å². The Balaban J connectivity index is 1.70. The first-order valence-corrected chi connectivity index (χ1v) is 10.5. The Bertz CT molecular complexity index is 886. The lowest BCUT2D eigenvalue weighted by Gasteiger charge is -2.26. The molecule has 154 valence electrons. The summed E-state index contributed by atoms with van der Waals surface area (Å²) >= 11 is 0. The van der Waals surface area contributed by atoms with E-state index in [1.807, 2.05) is 26.0 Å². The van der Waals surface area contributed by atoms with Crippen molar-refractivity contribution in [2.75, 3.05) is 13.2 Å². The maximum absolute atomic E-state index is 11.8.